The molecule has 0 saturated carbocycles. The minimum absolute atomic E-state index is 0.0898. The molecule has 0 radical (unpaired) electrons. The number of likely N-dealkylation sites (tertiary alicyclic amines) is 1. The molecule has 2 rings (SSSR count). The molecule has 1 heterocycles. The molecule has 0 unspecified atom stereocenters. The molecule has 0 aromatic heterocycles. The lowest BCUT2D eigenvalue weighted by Gasteiger charge is -2.31. The second kappa shape index (κ2) is 6.36. The molecule has 3 nitrogen and oxygen atoms in total. The molecule has 1 aliphatic rings. The Hall–Kier alpha value is -1.61. The summed E-state index contributed by atoms with van der Waals surface area (Å²) >= 11 is 0. The van der Waals surface area contributed by atoms with E-state index in [9.17, 15) is 4.79 Å². The highest BCUT2D eigenvalue weighted by molar-refractivity contribution is 5.87. The Bertz CT molecular complexity index is 406. The van der Waals surface area contributed by atoms with Gasteiger partial charge >= 0.3 is 0 Å². The number of nitrogens with two attached hydrogens (primary N) is 1. The van der Waals surface area contributed by atoms with Crippen LogP contribution in [0.2, 0.25) is 0 Å². The van der Waals surface area contributed by atoms with Crippen molar-refractivity contribution in [2.75, 3.05) is 19.6 Å². The molecular formula is C15H20N2O. The highest BCUT2D eigenvalue weighted by atomic mass is 16.2. The van der Waals surface area contributed by atoms with Crippen molar-refractivity contribution in [1.29, 1.82) is 0 Å². The van der Waals surface area contributed by atoms with Gasteiger partial charge in [-0.2, -0.15) is 0 Å². The molecule has 0 bridgehead atoms. The van der Waals surface area contributed by atoms with Gasteiger partial charge in [0.2, 0.25) is 5.91 Å². The van der Waals surface area contributed by atoms with E-state index in [-0.39, 0.29) is 5.91 Å². The fourth-order valence-corrected chi connectivity index (χ4v) is 2.43. The summed E-state index contributed by atoms with van der Waals surface area (Å²) < 4.78 is 0. The van der Waals surface area contributed by atoms with E-state index in [0.29, 0.717) is 12.5 Å². The van der Waals surface area contributed by atoms with Crippen molar-refractivity contribution >= 4 is 5.91 Å². The van der Waals surface area contributed by atoms with Gasteiger partial charge in [0.1, 0.15) is 0 Å². The van der Waals surface area contributed by atoms with E-state index in [0.717, 1.165) is 25.9 Å². The molecule has 1 aromatic rings. The van der Waals surface area contributed by atoms with E-state index in [1.54, 1.807) is 12.2 Å². The van der Waals surface area contributed by atoms with Gasteiger partial charge in [0.15, 0.2) is 0 Å². The molecule has 1 fully saturated rings. The summed E-state index contributed by atoms with van der Waals surface area (Å²) in [6, 6.07) is 10.6. The Morgan fingerprint density at radius 1 is 1.28 bits per heavy atom. The van der Waals surface area contributed by atoms with Gasteiger partial charge in [-0.25, -0.2) is 0 Å². The van der Waals surface area contributed by atoms with Crippen LogP contribution < -0.4 is 5.73 Å². The van der Waals surface area contributed by atoms with Gasteiger partial charge in [0.05, 0.1) is 0 Å². The molecule has 1 aromatic carbocycles. The van der Waals surface area contributed by atoms with Crippen LogP contribution in [0.4, 0.5) is 0 Å². The van der Waals surface area contributed by atoms with Crippen LogP contribution in [0.5, 0.6) is 0 Å². The van der Waals surface area contributed by atoms with Crippen LogP contribution in [0.3, 0.4) is 0 Å². The third-order valence-corrected chi connectivity index (χ3v) is 3.47. The van der Waals surface area contributed by atoms with Crippen LogP contribution in [-0.4, -0.2) is 30.4 Å². The maximum atomic E-state index is 11.8. The predicted octanol–water partition coefficient (Wildman–Crippen LogP) is 1.91. The fourth-order valence-electron chi connectivity index (χ4n) is 2.43. The van der Waals surface area contributed by atoms with Gasteiger partial charge in [-0.05, 0) is 24.3 Å². The smallest absolute Gasteiger partial charge is 0.246 e. The average Bonchev–Trinajstić information content (AvgIpc) is 2.46. The first-order valence-electron chi connectivity index (χ1n) is 6.51. The first-order valence-corrected chi connectivity index (χ1v) is 6.51. The minimum atomic E-state index is 0.0898. The quantitative estimate of drug-likeness (QED) is 0.826. The van der Waals surface area contributed by atoms with E-state index in [1.807, 2.05) is 11.0 Å². The lowest BCUT2D eigenvalue weighted by molar-refractivity contribution is -0.127. The molecule has 1 amide bonds. The van der Waals surface area contributed by atoms with Crippen molar-refractivity contribution in [3.05, 3.63) is 48.0 Å². The van der Waals surface area contributed by atoms with E-state index in [1.165, 1.54) is 5.56 Å². The van der Waals surface area contributed by atoms with Crippen LogP contribution >= 0.6 is 0 Å². The van der Waals surface area contributed by atoms with Gasteiger partial charge in [0, 0.05) is 25.7 Å². The summed E-state index contributed by atoms with van der Waals surface area (Å²) in [4.78, 5) is 13.7. The highest BCUT2D eigenvalue weighted by Gasteiger charge is 2.22. The van der Waals surface area contributed by atoms with E-state index >= 15 is 0 Å². The van der Waals surface area contributed by atoms with Crippen LogP contribution in [0, 0.1) is 0 Å². The van der Waals surface area contributed by atoms with Gasteiger partial charge in [-0.3, -0.25) is 4.79 Å². The summed E-state index contributed by atoms with van der Waals surface area (Å²) in [5, 5.41) is 0. The molecular weight excluding hydrogens is 224 g/mol. The SMILES string of the molecule is NC/C=C/C(=O)N1CCC(c2ccccc2)CC1. The number of benzene rings is 1. The fraction of sp³-hybridized carbons (Fsp3) is 0.400. The second-order valence-electron chi connectivity index (χ2n) is 4.65. The number of piperidine rings is 1. The first kappa shape index (κ1) is 12.8. The maximum Gasteiger partial charge on any atom is 0.246 e. The number of hydrogen-bond donors (Lipinski definition) is 1. The largest absolute Gasteiger partial charge is 0.339 e. The van der Waals surface area contributed by atoms with Crippen LogP contribution in [-0.2, 0) is 4.79 Å². The van der Waals surface area contributed by atoms with Crippen molar-refractivity contribution in [2.24, 2.45) is 5.73 Å². The summed E-state index contributed by atoms with van der Waals surface area (Å²) in [5.74, 6) is 0.681. The average molecular weight is 244 g/mol. The maximum absolute atomic E-state index is 11.8. The zero-order valence-corrected chi connectivity index (χ0v) is 10.6. The first-order chi connectivity index (χ1) is 8.81. The minimum Gasteiger partial charge on any atom is -0.339 e. The third-order valence-electron chi connectivity index (χ3n) is 3.47. The Morgan fingerprint density at radius 2 is 1.94 bits per heavy atom. The van der Waals surface area contributed by atoms with E-state index < -0.39 is 0 Å². The number of amides is 1. The normalized spacial score (nSPS) is 17.3. The van der Waals surface area contributed by atoms with Crippen molar-refractivity contribution in [3.63, 3.8) is 0 Å². The van der Waals surface area contributed by atoms with Gasteiger partial charge in [0.25, 0.3) is 0 Å². The molecule has 3 heteroatoms. The predicted molar refractivity (Wildman–Crippen MR) is 73.2 cm³/mol. The molecule has 0 atom stereocenters. The lowest BCUT2D eigenvalue weighted by atomic mass is 9.89. The second-order valence-corrected chi connectivity index (χ2v) is 4.65. The number of hydrogen-bond acceptors (Lipinski definition) is 2. The van der Waals surface area contributed by atoms with Crippen molar-refractivity contribution in [2.45, 2.75) is 18.8 Å². The van der Waals surface area contributed by atoms with Crippen LogP contribution in [0.1, 0.15) is 24.3 Å². The number of nitrogens with zero attached hydrogens (tertiary/aromatic N) is 1. The van der Waals surface area contributed by atoms with Crippen molar-refractivity contribution in [1.82, 2.24) is 4.90 Å². The van der Waals surface area contributed by atoms with Crippen LogP contribution in [0.15, 0.2) is 42.5 Å². The Labute approximate surface area is 108 Å². The zero-order chi connectivity index (χ0) is 12.8. The van der Waals surface area contributed by atoms with Gasteiger partial charge in [-0.1, -0.05) is 36.4 Å². The van der Waals surface area contributed by atoms with Crippen molar-refractivity contribution in [3.8, 4) is 0 Å². The molecule has 1 saturated heterocycles. The standard InChI is InChI=1S/C15H20N2O/c16-10-4-7-15(18)17-11-8-14(9-12-17)13-5-2-1-3-6-13/h1-7,14H,8-12,16H2/b7-4+. The molecule has 1 aliphatic heterocycles. The third kappa shape index (κ3) is 3.20. The summed E-state index contributed by atoms with van der Waals surface area (Å²) in [7, 11) is 0. The molecule has 0 aliphatic carbocycles. The molecule has 2 N–H and O–H groups in total. The summed E-state index contributed by atoms with van der Waals surface area (Å²) in [6.45, 7) is 2.10. The zero-order valence-electron chi connectivity index (χ0n) is 10.6. The molecule has 0 spiro atoms. The lowest BCUT2D eigenvalue weighted by Crippen LogP contribution is -2.36. The van der Waals surface area contributed by atoms with E-state index in [4.69, 9.17) is 5.73 Å². The van der Waals surface area contributed by atoms with Gasteiger partial charge < -0.3 is 10.6 Å². The summed E-state index contributed by atoms with van der Waals surface area (Å²) in [5.41, 5.74) is 6.74. The Morgan fingerprint density at radius 3 is 2.56 bits per heavy atom. The van der Waals surface area contributed by atoms with Crippen molar-refractivity contribution < 1.29 is 4.79 Å². The van der Waals surface area contributed by atoms with Crippen LogP contribution in [0.25, 0.3) is 0 Å². The Kier molecular flexibility index (Phi) is 4.53. The number of carbonyl (C=O) groups excluding carboxylic acids is 1. The highest BCUT2D eigenvalue weighted by Crippen LogP contribution is 2.27. The molecule has 96 valence electrons. The molecule has 18 heavy (non-hydrogen) atoms. The number of rotatable bonds is 3. The Balaban J connectivity index is 1.88. The topological polar surface area (TPSA) is 46.3 Å². The monoisotopic (exact) mass is 244 g/mol. The summed E-state index contributed by atoms with van der Waals surface area (Å²) in [6.07, 6.45) is 5.40. The van der Waals surface area contributed by atoms with E-state index in [2.05, 4.69) is 24.3 Å². The van der Waals surface area contributed by atoms with Gasteiger partial charge in [-0.15, -0.1) is 0 Å². The number of carbonyl (C=O) groups is 1.